The van der Waals surface area contributed by atoms with Crippen LogP contribution in [-0.4, -0.2) is 15.6 Å². The number of aromatic nitrogens is 2. The Morgan fingerprint density at radius 2 is 2.11 bits per heavy atom. The second kappa shape index (κ2) is 5.89. The molecule has 0 spiro atoms. The van der Waals surface area contributed by atoms with Crippen molar-refractivity contribution >= 4 is 5.78 Å². The lowest BCUT2D eigenvalue weighted by atomic mass is 9.77. The number of rotatable bonds is 4. The molecule has 0 aromatic carbocycles. The zero-order chi connectivity index (χ0) is 14.0. The van der Waals surface area contributed by atoms with E-state index in [0.717, 1.165) is 35.7 Å². The second-order valence-electron chi connectivity index (χ2n) is 6.05. The Labute approximate surface area is 116 Å². The van der Waals surface area contributed by atoms with Crippen molar-refractivity contribution in [2.24, 2.45) is 18.9 Å². The molecule has 106 valence electrons. The molecule has 1 aromatic heterocycles. The SMILES string of the molecule is CCC1CCCC(C(=O)Cc2c(C)nn(C)c2C)C1. The Morgan fingerprint density at radius 3 is 2.68 bits per heavy atom. The predicted octanol–water partition coefficient (Wildman–Crippen LogP) is 3.36. The third-order valence-electron chi connectivity index (χ3n) is 4.83. The summed E-state index contributed by atoms with van der Waals surface area (Å²) < 4.78 is 1.88. The van der Waals surface area contributed by atoms with Crippen LogP contribution in [0.25, 0.3) is 0 Å². The molecule has 0 bridgehead atoms. The first-order chi connectivity index (χ1) is 9.02. The Morgan fingerprint density at radius 1 is 1.37 bits per heavy atom. The highest BCUT2D eigenvalue weighted by atomic mass is 16.1. The summed E-state index contributed by atoms with van der Waals surface area (Å²) >= 11 is 0. The van der Waals surface area contributed by atoms with E-state index in [1.165, 1.54) is 19.3 Å². The topological polar surface area (TPSA) is 34.9 Å². The van der Waals surface area contributed by atoms with Gasteiger partial charge in [0.15, 0.2) is 0 Å². The van der Waals surface area contributed by atoms with E-state index >= 15 is 0 Å². The standard InChI is InChI=1S/C16H26N2O/c1-5-13-7-6-8-14(9-13)16(19)10-15-11(2)17-18(4)12(15)3/h13-14H,5-10H2,1-4H3. The summed E-state index contributed by atoms with van der Waals surface area (Å²) in [5.74, 6) is 1.48. The van der Waals surface area contributed by atoms with Gasteiger partial charge >= 0.3 is 0 Å². The number of hydrogen-bond acceptors (Lipinski definition) is 2. The summed E-state index contributed by atoms with van der Waals surface area (Å²) in [5, 5.41) is 4.40. The number of carbonyl (C=O) groups is 1. The van der Waals surface area contributed by atoms with Crippen LogP contribution in [0.15, 0.2) is 0 Å². The fourth-order valence-electron chi connectivity index (χ4n) is 3.35. The first kappa shape index (κ1) is 14.3. The van der Waals surface area contributed by atoms with Crippen LogP contribution in [0.2, 0.25) is 0 Å². The number of nitrogens with zero attached hydrogens (tertiary/aromatic N) is 2. The van der Waals surface area contributed by atoms with Gasteiger partial charge < -0.3 is 0 Å². The molecule has 19 heavy (non-hydrogen) atoms. The molecule has 1 saturated carbocycles. The van der Waals surface area contributed by atoms with Crippen molar-refractivity contribution in [3.05, 3.63) is 17.0 Å². The first-order valence-electron chi connectivity index (χ1n) is 7.54. The molecular formula is C16H26N2O. The maximum Gasteiger partial charge on any atom is 0.140 e. The third kappa shape index (κ3) is 3.07. The zero-order valence-electron chi connectivity index (χ0n) is 12.7. The van der Waals surface area contributed by atoms with Gasteiger partial charge in [-0.25, -0.2) is 0 Å². The highest BCUT2D eigenvalue weighted by Gasteiger charge is 2.27. The fraction of sp³-hybridized carbons (Fsp3) is 0.750. The highest BCUT2D eigenvalue weighted by molar-refractivity contribution is 5.83. The second-order valence-corrected chi connectivity index (χ2v) is 6.05. The van der Waals surface area contributed by atoms with Crippen LogP contribution in [0.3, 0.4) is 0 Å². The van der Waals surface area contributed by atoms with E-state index < -0.39 is 0 Å². The first-order valence-corrected chi connectivity index (χ1v) is 7.54. The average Bonchev–Trinajstić information content (AvgIpc) is 2.65. The lowest BCUT2D eigenvalue weighted by Gasteiger charge is -2.27. The minimum Gasteiger partial charge on any atom is -0.299 e. The number of ketones is 1. The molecule has 1 aliphatic rings. The van der Waals surface area contributed by atoms with Gasteiger partial charge in [0.25, 0.3) is 0 Å². The van der Waals surface area contributed by atoms with Crippen molar-refractivity contribution in [3.8, 4) is 0 Å². The number of Topliss-reactive ketones (excluding diaryl/α,β-unsaturated/α-hetero) is 1. The van der Waals surface area contributed by atoms with E-state index in [2.05, 4.69) is 18.9 Å². The summed E-state index contributed by atoms with van der Waals surface area (Å²) in [6.07, 6.45) is 6.52. The summed E-state index contributed by atoms with van der Waals surface area (Å²) in [6, 6.07) is 0. The quantitative estimate of drug-likeness (QED) is 0.834. The molecule has 3 heteroatoms. The summed E-state index contributed by atoms with van der Waals surface area (Å²) in [7, 11) is 1.95. The van der Waals surface area contributed by atoms with Gasteiger partial charge in [0.2, 0.25) is 0 Å². The van der Waals surface area contributed by atoms with E-state index in [1.807, 2.05) is 18.7 Å². The van der Waals surface area contributed by atoms with Crippen molar-refractivity contribution in [2.45, 2.75) is 59.3 Å². The fourth-order valence-corrected chi connectivity index (χ4v) is 3.35. The molecular weight excluding hydrogens is 236 g/mol. The smallest absolute Gasteiger partial charge is 0.140 e. The summed E-state index contributed by atoms with van der Waals surface area (Å²) in [6.45, 7) is 6.30. The largest absolute Gasteiger partial charge is 0.299 e. The number of aryl methyl sites for hydroxylation is 2. The molecule has 0 radical (unpaired) electrons. The van der Waals surface area contributed by atoms with E-state index in [-0.39, 0.29) is 5.92 Å². The van der Waals surface area contributed by atoms with Crippen LogP contribution in [0, 0.1) is 25.7 Å². The van der Waals surface area contributed by atoms with Gasteiger partial charge in [0.05, 0.1) is 5.69 Å². The van der Waals surface area contributed by atoms with Crippen molar-refractivity contribution in [2.75, 3.05) is 0 Å². The van der Waals surface area contributed by atoms with E-state index in [9.17, 15) is 4.79 Å². The molecule has 1 fully saturated rings. The molecule has 3 nitrogen and oxygen atoms in total. The van der Waals surface area contributed by atoms with Gasteiger partial charge in [-0.15, -0.1) is 0 Å². The number of carbonyl (C=O) groups excluding carboxylic acids is 1. The van der Waals surface area contributed by atoms with Gasteiger partial charge in [-0.1, -0.05) is 26.2 Å². The Balaban J connectivity index is 2.04. The molecule has 1 heterocycles. The molecule has 2 unspecified atom stereocenters. The van der Waals surface area contributed by atoms with Crippen molar-refractivity contribution in [1.29, 1.82) is 0 Å². The van der Waals surface area contributed by atoms with Crippen molar-refractivity contribution in [1.82, 2.24) is 9.78 Å². The molecule has 2 atom stereocenters. The summed E-state index contributed by atoms with van der Waals surface area (Å²) in [4.78, 5) is 12.5. The molecule has 0 N–H and O–H groups in total. The minimum absolute atomic E-state index is 0.290. The molecule has 2 rings (SSSR count). The molecule has 0 saturated heterocycles. The normalized spacial score (nSPS) is 23.6. The average molecular weight is 262 g/mol. The monoisotopic (exact) mass is 262 g/mol. The van der Waals surface area contributed by atoms with Gasteiger partial charge in [-0.2, -0.15) is 5.10 Å². The Hall–Kier alpha value is -1.12. The van der Waals surface area contributed by atoms with E-state index in [4.69, 9.17) is 0 Å². The molecule has 1 aromatic rings. The lowest BCUT2D eigenvalue weighted by molar-refractivity contribution is -0.123. The number of hydrogen-bond donors (Lipinski definition) is 0. The van der Waals surface area contributed by atoms with Crippen LogP contribution in [0.5, 0.6) is 0 Å². The van der Waals surface area contributed by atoms with E-state index in [1.54, 1.807) is 0 Å². The highest BCUT2D eigenvalue weighted by Crippen LogP contribution is 2.32. The Kier molecular flexibility index (Phi) is 4.43. The molecule has 0 aliphatic heterocycles. The van der Waals surface area contributed by atoms with Gasteiger partial charge in [-0.3, -0.25) is 9.48 Å². The van der Waals surface area contributed by atoms with Crippen LogP contribution in [0.4, 0.5) is 0 Å². The third-order valence-corrected chi connectivity index (χ3v) is 4.83. The molecule has 0 amide bonds. The van der Waals surface area contributed by atoms with Crippen molar-refractivity contribution < 1.29 is 4.79 Å². The zero-order valence-corrected chi connectivity index (χ0v) is 12.7. The Bertz CT molecular complexity index is 462. The molecule has 1 aliphatic carbocycles. The maximum atomic E-state index is 12.5. The van der Waals surface area contributed by atoms with Crippen LogP contribution in [0.1, 0.15) is 56.0 Å². The van der Waals surface area contributed by atoms with Gasteiger partial charge in [-0.05, 0) is 32.6 Å². The maximum absolute atomic E-state index is 12.5. The minimum atomic E-state index is 0.290. The predicted molar refractivity (Wildman–Crippen MR) is 77.1 cm³/mol. The lowest BCUT2D eigenvalue weighted by Crippen LogP contribution is -2.24. The van der Waals surface area contributed by atoms with Gasteiger partial charge in [0, 0.05) is 30.6 Å². The summed E-state index contributed by atoms with van der Waals surface area (Å²) in [5.41, 5.74) is 3.29. The van der Waals surface area contributed by atoms with Crippen LogP contribution < -0.4 is 0 Å². The van der Waals surface area contributed by atoms with Crippen LogP contribution in [-0.2, 0) is 18.3 Å². The van der Waals surface area contributed by atoms with Gasteiger partial charge in [0.1, 0.15) is 5.78 Å². The van der Waals surface area contributed by atoms with E-state index in [0.29, 0.717) is 12.2 Å². The van der Waals surface area contributed by atoms with Crippen molar-refractivity contribution in [3.63, 3.8) is 0 Å². The van der Waals surface area contributed by atoms with Crippen LogP contribution >= 0.6 is 0 Å².